The fraction of sp³-hybridized carbons (Fsp3) is 0.316. The molecule has 0 bridgehead atoms. The molecule has 150 valence electrons. The van der Waals surface area contributed by atoms with E-state index in [1.807, 2.05) is 18.2 Å². The molecule has 3 rings (SSSR count). The average molecular weight is 424 g/mol. The molecule has 1 aromatic heterocycles. The van der Waals surface area contributed by atoms with Gasteiger partial charge in [-0.05, 0) is 49.7 Å². The number of methoxy groups -OCH3 is 1. The number of hydrogen-bond donors (Lipinski definition) is 1. The molecule has 0 radical (unpaired) electrons. The Hall–Kier alpha value is -1.99. The predicted molar refractivity (Wildman–Crippen MR) is 110 cm³/mol. The van der Waals surface area contributed by atoms with E-state index in [4.69, 9.17) is 13.8 Å². The van der Waals surface area contributed by atoms with Crippen molar-refractivity contribution in [3.63, 3.8) is 0 Å². The van der Waals surface area contributed by atoms with E-state index in [-0.39, 0.29) is 19.0 Å². The molecule has 2 aromatic carbocycles. The maximum atomic E-state index is 13.5. The molecule has 0 saturated carbocycles. The molecule has 3 aromatic rings. The molecule has 1 N–H and O–H groups in total. The zero-order chi connectivity index (χ0) is 20.1. The summed E-state index contributed by atoms with van der Waals surface area (Å²) in [5.41, 5.74) is 1.37. The number of aromatic nitrogens is 1. The topological polar surface area (TPSA) is 69.7 Å². The van der Waals surface area contributed by atoms with Gasteiger partial charge in [-0.1, -0.05) is 23.5 Å². The van der Waals surface area contributed by atoms with Crippen LogP contribution < -0.4 is 10.1 Å². The van der Waals surface area contributed by atoms with E-state index in [1.54, 1.807) is 33.1 Å². The molecule has 1 heterocycles. The molecule has 0 aliphatic carbocycles. The highest BCUT2D eigenvalue weighted by Crippen LogP contribution is 2.61. The van der Waals surface area contributed by atoms with E-state index in [9.17, 15) is 8.96 Å². The van der Waals surface area contributed by atoms with Gasteiger partial charge in [0.25, 0.3) is 0 Å². The minimum absolute atomic E-state index is 0.216. The first-order chi connectivity index (χ1) is 13.5. The Morgan fingerprint density at radius 1 is 1.14 bits per heavy atom. The van der Waals surface area contributed by atoms with Crippen LogP contribution in [0.15, 0.2) is 42.5 Å². The summed E-state index contributed by atoms with van der Waals surface area (Å²) in [4.78, 5) is 4.55. The quantitative estimate of drug-likeness (QED) is 0.437. The number of anilines is 1. The normalized spacial score (nSPS) is 12.9. The van der Waals surface area contributed by atoms with Crippen molar-refractivity contribution in [1.29, 1.82) is 0 Å². The van der Waals surface area contributed by atoms with Gasteiger partial charge < -0.3 is 19.1 Å². The monoisotopic (exact) mass is 424 g/mol. The SMILES string of the molecule is CCOP(=O)(OCC)C(Nc1nc2ccc(OC)cc2s1)c1ccc(F)cc1. The fourth-order valence-electron chi connectivity index (χ4n) is 2.75. The lowest BCUT2D eigenvalue weighted by Crippen LogP contribution is -2.15. The Labute approximate surface area is 167 Å². The molecule has 0 aliphatic heterocycles. The number of nitrogens with zero attached hydrogens (tertiary/aromatic N) is 1. The van der Waals surface area contributed by atoms with E-state index in [0.29, 0.717) is 10.7 Å². The van der Waals surface area contributed by atoms with E-state index in [0.717, 1.165) is 16.0 Å². The third-order valence-electron chi connectivity index (χ3n) is 3.98. The van der Waals surface area contributed by atoms with Crippen LogP contribution in [0.4, 0.5) is 9.52 Å². The molecule has 0 amide bonds. The van der Waals surface area contributed by atoms with E-state index in [1.165, 1.54) is 23.5 Å². The largest absolute Gasteiger partial charge is 0.497 e. The van der Waals surface area contributed by atoms with E-state index < -0.39 is 13.4 Å². The van der Waals surface area contributed by atoms with Crippen LogP contribution >= 0.6 is 18.9 Å². The lowest BCUT2D eigenvalue weighted by atomic mass is 10.2. The summed E-state index contributed by atoms with van der Waals surface area (Å²) in [5, 5.41) is 3.74. The second kappa shape index (κ2) is 9.01. The highest BCUT2D eigenvalue weighted by atomic mass is 32.1. The standard InChI is InChI=1S/C19H22FN2O4PS/c1-4-25-27(23,26-5-2)18(13-6-8-14(20)9-7-13)22-19-21-16-11-10-15(24-3)12-17(16)28-19/h6-12,18H,4-5H2,1-3H3,(H,21,22). The van der Waals surface area contributed by atoms with Crippen molar-refractivity contribution < 1.29 is 22.7 Å². The van der Waals surface area contributed by atoms with Crippen molar-refractivity contribution in [3.8, 4) is 5.75 Å². The minimum Gasteiger partial charge on any atom is -0.497 e. The number of benzene rings is 2. The Bertz CT molecular complexity index is 970. The Kier molecular flexibility index (Phi) is 6.67. The lowest BCUT2D eigenvalue weighted by Gasteiger charge is -2.27. The summed E-state index contributed by atoms with van der Waals surface area (Å²) in [6.45, 7) is 3.93. The van der Waals surface area contributed by atoms with Gasteiger partial charge in [0, 0.05) is 0 Å². The summed E-state index contributed by atoms with van der Waals surface area (Å²) < 4.78 is 44.1. The minimum atomic E-state index is -3.58. The first-order valence-electron chi connectivity index (χ1n) is 8.84. The van der Waals surface area contributed by atoms with Gasteiger partial charge in [0.1, 0.15) is 11.6 Å². The van der Waals surface area contributed by atoms with Crippen LogP contribution in [-0.2, 0) is 13.6 Å². The molecule has 1 unspecified atom stereocenters. The number of hydrogen-bond acceptors (Lipinski definition) is 7. The third-order valence-corrected chi connectivity index (χ3v) is 7.22. The van der Waals surface area contributed by atoms with Gasteiger partial charge in [-0.2, -0.15) is 0 Å². The van der Waals surface area contributed by atoms with Crippen LogP contribution in [0.3, 0.4) is 0 Å². The lowest BCUT2D eigenvalue weighted by molar-refractivity contribution is 0.214. The van der Waals surface area contributed by atoms with Gasteiger partial charge in [0.15, 0.2) is 10.9 Å². The number of nitrogens with one attached hydrogen (secondary N) is 1. The number of halogens is 1. The molecule has 0 fully saturated rings. The molecule has 0 spiro atoms. The summed E-state index contributed by atoms with van der Waals surface area (Å²) in [6.07, 6.45) is 0. The first kappa shape index (κ1) is 20.7. The van der Waals surface area contributed by atoms with E-state index >= 15 is 0 Å². The average Bonchev–Trinajstić information content (AvgIpc) is 3.09. The molecule has 0 aliphatic rings. The van der Waals surface area contributed by atoms with Crippen LogP contribution in [0.5, 0.6) is 5.75 Å². The third kappa shape index (κ3) is 4.52. The maximum absolute atomic E-state index is 13.5. The van der Waals surface area contributed by atoms with Gasteiger partial charge in [-0.3, -0.25) is 4.57 Å². The van der Waals surface area contributed by atoms with Crippen molar-refractivity contribution in [2.75, 3.05) is 25.6 Å². The van der Waals surface area contributed by atoms with Gasteiger partial charge in [0.2, 0.25) is 0 Å². The molecule has 0 saturated heterocycles. The fourth-order valence-corrected chi connectivity index (χ4v) is 5.67. The van der Waals surface area contributed by atoms with Crippen molar-refractivity contribution in [2.24, 2.45) is 0 Å². The summed E-state index contributed by atoms with van der Waals surface area (Å²) in [5.74, 6) is -0.472. The summed E-state index contributed by atoms with van der Waals surface area (Å²) in [6, 6.07) is 11.3. The zero-order valence-electron chi connectivity index (χ0n) is 15.8. The highest BCUT2D eigenvalue weighted by molar-refractivity contribution is 7.54. The second-order valence-corrected chi connectivity index (χ2v) is 8.97. The zero-order valence-corrected chi connectivity index (χ0v) is 17.6. The first-order valence-corrected chi connectivity index (χ1v) is 11.3. The smallest absolute Gasteiger partial charge is 0.357 e. The molecule has 28 heavy (non-hydrogen) atoms. The van der Waals surface area contributed by atoms with E-state index in [2.05, 4.69) is 10.3 Å². The Morgan fingerprint density at radius 2 is 1.82 bits per heavy atom. The van der Waals surface area contributed by atoms with Crippen molar-refractivity contribution in [1.82, 2.24) is 4.98 Å². The van der Waals surface area contributed by atoms with Gasteiger partial charge >= 0.3 is 7.60 Å². The molecule has 9 heteroatoms. The number of ether oxygens (including phenoxy) is 1. The van der Waals surface area contributed by atoms with Crippen LogP contribution in [0, 0.1) is 5.82 Å². The van der Waals surface area contributed by atoms with Crippen molar-refractivity contribution >= 4 is 34.3 Å². The molecule has 6 nitrogen and oxygen atoms in total. The molecular formula is C19H22FN2O4PS. The predicted octanol–water partition coefficient (Wildman–Crippen LogP) is 5.82. The Morgan fingerprint density at radius 3 is 2.43 bits per heavy atom. The Balaban J connectivity index is 2.01. The maximum Gasteiger partial charge on any atom is 0.357 e. The summed E-state index contributed by atoms with van der Waals surface area (Å²) >= 11 is 1.40. The van der Waals surface area contributed by atoms with Crippen LogP contribution in [0.1, 0.15) is 25.2 Å². The van der Waals surface area contributed by atoms with Crippen molar-refractivity contribution in [2.45, 2.75) is 19.6 Å². The number of rotatable bonds is 9. The number of fused-ring (bicyclic) bond motifs is 1. The van der Waals surface area contributed by atoms with Crippen LogP contribution in [0.25, 0.3) is 10.2 Å². The number of thiazole rings is 1. The summed E-state index contributed by atoms with van der Waals surface area (Å²) in [7, 11) is -1.98. The highest BCUT2D eigenvalue weighted by Gasteiger charge is 2.37. The van der Waals surface area contributed by atoms with Gasteiger partial charge in [0.05, 0.1) is 30.5 Å². The second-order valence-electron chi connectivity index (χ2n) is 5.83. The van der Waals surface area contributed by atoms with Gasteiger partial charge in [-0.15, -0.1) is 0 Å². The van der Waals surface area contributed by atoms with Crippen molar-refractivity contribution in [3.05, 3.63) is 53.8 Å². The van der Waals surface area contributed by atoms with Crippen LogP contribution in [-0.4, -0.2) is 25.3 Å². The van der Waals surface area contributed by atoms with Crippen LogP contribution in [0.2, 0.25) is 0 Å². The van der Waals surface area contributed by atoms with Gasteiger partial charge in [-0.25, -0.2) is 9.37 Å². The molecular weight excluding hydrogens is 402 g/mol. The molecule has 1 atom stereocenters.